The van der Waals surface area contributed by atoms with Gasteiger partial charge in [0.15, 0.2) is 0 Å². The molecule has 0 fully saturated rings. The van der Waals surface area contributed by atoms with E-state index in [1.54, 1.807) is 6.07 Å². The van der Waals surface area contributed by atoms with Crippen molar-refractivity contribution in [1.29, 1.82) is 5.26 Å². The Morgan fingerprint density at radius 3 is 2.79 bits per heavy atom. The molecule has 0 unspecified atom stereocenters. The number of methoxy groups -OCH3 is 1. The molecular formula is C9H6BrNO3. The summed E-state index contributed by atoms with van der Waals surface area (Å²) in [5.74, 6) is -0.827. The summed E-state index contributed by atoms with van der Waals surface area (Å²) in [6.07, 6.45) is 0. The highest BCUT2D eigenvalue weighted by atomic mass is 79.9. The van der Waals surface area contributed by atoms with Crippen LogP contribution in [-0.2, 0) is 4.74 Å². The number of phenols is 1. The van der Waals surface area contributed by atoms with Gasteiger partial charge in [-0.15, -0.1) is 0 Å². The van der Waals surface area contributed by atoms with Crippen molar-refractivity contribution in [2.45, 2.75) is 0 Å². The van der Waals surface area contributed by atoms with E-state index in [2.05, 4.69) is 20.7 Å². The highest BCUT2D eigenvalue weighted by molar-refractivity contribution is 9.10. The van der Waals surface area contributed by atoms with Crippen LogP contribution in [0.4, 0.5) is 0 Å². The molecular weight excluding hydrogens is 250 g/mol. The van der Waals surface area contributed by atoms with Crippen molar-refractivity contribution in [3.63, 3.8) is 0 Å². The van der Waals surface area contributed by atoms with Crippen molar-refractivity contribution in [2.24, 2.45) is 0 Å². The number of hydrogen-bond acceptors (Lipinski definition) is 4. The summed E-state index contributed by atoms with van der Waals surface area (Å²) in [5.41, 5.74) is 0.286. The van der Waals surface area contributed by atoms with Gasteiger partial charge < -0.3 is 9.84 Å². The van der Waals surface area contributed by atoms with Crippen molar-refractivity contribution < 1.29 is 14.6 Å². The topological polar surface area (TPSA) is 70.3 Å². The number of rotatable bonds is 1. The van der Waals surface area contributed by atoms with E-state index in [0.717, 1.165) is 0 Å². The van der Waals surface area contributed by atoms with Gasteiger partial charge in [0.1, 0.15) is 11.8 Å². The molecule has 0 atom stereocenters. The zero-order chi connectivity index (χ0) is 10.7. The summed E-state index contributed by atoms with van der Waals surface area (Å²) < 4.78 is 4.65. The van der Waals surface area contributed by atoms with Crippen molar-refractivity contribution in [2.75, 3.05) is 7.11 Å². The van der Waals surface area contributed by atoms with E-state index in [-0.39, 0.29) is 21.3 Å². The molecule has 0 saturated carbocycles. The van der Waals surface area contributed by atoms with Gasteiger partial charge in [0.2, 0.25) is 0 Å². The van der Waals surface area contributed by atoms with Gasteiger partial charge in [-0.1, -0.05) is 0 Å². The molecule has 0 amide bonds. The molecule has 0 aliphatic heterocycles. The molecule has 0 radical (unpaired) electrons. The molecule has 0 heterocycles. The van der Waals surface area contributed by atoms with Crippen LogP contribution >= 0.6 is 15.9 Å². The molecule has 1 aromatic rings. The lowest BCUT2D eigenvalue weighted by molar-refractivity contribution is 0.0599. The quantitative estimate of drug-likeness (QED) is 0.778. The summed E-state index contributed by atoms with van der Waals surface area (Å²) in [6.45, 7) is 0. The number of carbonyl (C=O) groups is 1. The van der Waals surface area contributed by atoms with E-state index in [1.807, 2.05) is 0 Å². The fourth-order valence-electron chi connectivity index (χ4n) is 0.922. The molecule has 1 rings (SSSR count). The second-order valence-electron chi connectivity index (χ2n) is 2.43. The molecule has 0 aliphatic rings. The van der Waals surface area contributed by atoms with Gasteiger partial charge in [0.25, 0.3) is 0 Å². The summed E-state index contributed by atoms with van der Waals surface area (Å²) >= 11 is 3.01. The van der Waals surface area contributed by atoms with Crippen LogP contribution in [0.2, 0.25) is 0 Å². The van der Waals surface area contributed by atoms with Gasteiger partial charge in [0.05, 0.1) is 22.7 Å². The number of esters is 1. The molecule has 4 nitrogen and oxygen atoms in total. The Morgan fingerprint density at radius 1 is 1.64 bits per heavy atom. The molecule has 0 saturated heterocycles. The van der Waals surface area contributed by atoms with Crippen LogP contribution in [0.1, 0.15) is 15.9 Å². The molecule has 0 bridgehead atoms. The minimum atomic E-state index is -0.573. The number of hydrogen-bond donors (Lipinski definition) is 1. The Morgan fingerprint density at radius 2 is 2.29 bits per heavy atom. The fourth-order valence-corrected chi connectivity index (χ4v) is 1.43. The lowest BCUT2D eigenvalue weighted by Crippen LogP contribution is -2.02. The standard InChI is InChI=1S/C9H6BrNO3/c1-14-9(13)6-3-2-5(4-11)8(12)7(6)10/h2-3,12H,1H3. The summed E-state index contributed by atoms with van der Waals surface area (Å²) in [5, 5.41) is 18.0. The predicted octanol–water partition coefficient (Wildman–Crippen LogP) is 1.81. The smallest absolute Gasteiger partial charge is 0.339 e. The van der Waals surface area contributed by atoms with E-state index >= 15 is 0 Å². The zero-order valence-electron chi connectivity index (χ0n) is 7.24. The van der Waals surface area contributed by atoms with Crippen molar-refractivity contribution in [3.8, 4) is 11.8 Å². The fraction of sp³-hybridized carbons (Fsp3) is 0.111. The number of phenolic OH excluding ortho intramolecular Hbond substituents is 1. The monoisotopic (exact) mass is 255 g/mol. The van der Waals surface area contributed by atoms with Gasteiger partial charge in [-0.05, 0) is 28.1 Å². The molecule has 72 valence electrons. The number of ether oxygens (including phenoxy) is 1. The van der Waals surface area contributed by atoms with Crippen LogP contribution in [-0.4, -0.2) is 18.2 Å². The van der Waals surface area contributed by atoms with E-state index in [9.17, 15) is 9.90 Å². The average molecular weight is 256 g/mol. The summed E-state index contributed by atoms with van der Waals surface area (Å²) in [7, 11) is 1.24. The van der Waals surface area contributed by atoms with Crippen molar-refractivity contribution in [3.05, 3.63) is 27.7 Å². The third-order valence-electron chi connectivity index (χ3n) is 1.64. The van der Waals surface area contributed by atoms with Gasteiger partial charge in [0, 0.05) is 0 Å². The lowest BCUT2D eigenvalue weighted by Gasteiger charge is -2.04. The maximum absolute atomic E-state index is 11.1. The Bertz CT molecular complexity index is 423. The number of nitrogens with zero attached hydrogens (tertiary/aromatic N) is 1. The number of halogens is 1. The number of nitriles is 1. The molecule has 1 N–H and O–H groups in total. The van der Waals surface area contributed by atoms with E-state index in [1.165, 1.54) is 19.2 Å². The molecule has 0 aliphatic carbocycles. The first-order valence-electron chi connectivity index (χ1n) is 3.61. The normalized spacial score (nSPS) is 9.21. The van der Waals surface area contributed by atoms with Crippen LogP contribution in [0.15, 0.2) is 16.6 Å². The molecule has 14 heavy (non-hydrogen) atoms. The summed E-state index contributed by atoms with van der Waals surface area (Å²) in [6, 6.07) is 4.55. The van der Waals surface area contributed by atoms with Gasteiger partial charge in [-0.3, -0.25) is 0 Å². The van der Waals surface area contributed by atoms with Gasteiger partial charge in [-0.2, -0.15) is 5.26 Å². The minimum Gasteiger partial charge on any atom is -0.505 e. The Labute approximate surface area is 88.9 Å². The minimum absolute atomic E-state index is 0.101. The maximum Gasteiger partial charge on any atom is 0.339 e. The Hall–Kier alpha value is -1.54. The highest BCUT2D eigenvalue weighted by Gasteiger charge is 2.15. The first-order valence-corrected chi connectivity index (χ1v) is 4.41. The second kappa shape index (κ2) is 4.11. The zero-order valence-corrected chi connectivity index (χ0v) is 8.83. The van der Waals surface area contributed by atoms with Crippen molar-refractivity contribution in [1.82, 2.24) is 0 Å². The van der Waals surface area contributed by atoms with Gasteiger partial charge >= 0.3 is 5.97 Å². The van der Waals surface area contributed by atoms with Crippen LogP contribution in [0.3, 0.4) is 0 Å². The van der Waals surface area contributed by atoms with E-state index < -0.39 is 5.97 Å². The first-order chi connectivity index (χ1) is 6.61. The maximum atomic E-state index is 11.1. The highest BCUT2D eigenvalue weighted by Crippen LogP contribution is 2.31. The van der Waals surface area contributed by atoms with Crippen molar-refractivity contribution >= 4 is 21.9 Å². The second-order valence-corrected chi connectivity index (χ2v) is 3.22. The summed E-state index contributed by atoms with van der Waals surface area (Å²) in [4.78, 5) is 11.1. The van der Waals surface area contributed by atoms with E-state index in [4.69, 9.17) is 5.26 Å². The SMILES string of the molecule is COC(=O)c1ccc(C#N)c(O)c1Br. The number of aromatic hydroxyl groups is 1. The lowest BCUT2D eigenvalue weighted by atomic mass is 10.1. The van der Waals surface area contributed by atoms with Gasteiger partial charge in [-0.25, -0.2) is 4.79 Å². The number of carbonyl (C=O) groups excluding carboxylic acids is 1. The van der Waals surface area contributed by atoms with Crippen LogP contribution in [0, 0.1) is 11.3 Å². The Balaban J connectivity index is 3.33. The van der Waals surface area contributed by atoms with E-state index in [0.29, 0.717) is 0 Å². The third-order valence-corrected chi connectivity index (χ3v) is 2.44. The molecule has 0 aromatic heterocycles. The Kier molecular flexibility index (Phi) is 3.10. The first kappa shape index (κ1) is 10.5. The molecule has 5 heteroatoms. The molecule has 1 aromatic carbocycles. The van der Waals surface area contributed by atoms with Crippen LogP contribution in [0.5, 0.6) is 5.75 Å². The van der Waals surface area contributed by atoms with Crippen LogP contribution in [0.25, 0.3) is 0 Å². The molecule has 0 spiro atoms. The average Bonchev–Trinajstić information content (AvgIpc) is 2.21. The predicted molar refractivity (Wildman–Crippen MR) is 51.9 cm³/mol. The number of benzene rings is 1. The van der Waals surface area contributed by atoms with Crippen LogP contribution < -0.4 is 0 Å². The third kappa shape index (κ3) is 1.70. The largest absolute Gasteiger partial charge is 0.505 e.